The van der Waals surface area contributed by atoms with Gasteiger partial charge in [-0.2, -0.15) is 0 Å². The number of aryl methyl sites for hydroxylation is 2. The van der Waals surface area contributed by atoms with Crippen LogP contribution in [0, 0.1) is 13.8 Å². The summed E-state index contributed by atoms with van der Waals surface area (Å²) in [4.78, 5) is 21.1. The molecular formula is C23H24N4O2S2. The topological polar surface area (TPSA) is 66.5 Å². The van der Waals surface area contributed by atoms with Crippen molar-refractivity contribution in [3.63, 3.8) is 0 Å². The zero-order valence-corrected chi connectivity index (χ0v) is 19.2. The predicted octanol–water partition coefficient (Wildman–Crippen LogP) is 4.52. The SMILES string of the molecule is COCC(=O)Nc1ccc(N2C(=S)N[C@@H](c3ccccn3)[C@H]2c2ccc(C)s2)cc1C. The summed E-state index contributed by atoms with van der Waals surface area (Å²) < 4.78 is 4.90. The number of pyridine rings is 1. The van der Waals surface area contributed by atoms with Gasteiger partial charge >= 0.3 is 0 Å². The van der Waals surface area contributed by atoms with Gasteiger partial charge in [0.05, 0.1) is 17.8 Å². The number of thiophene rings is 1. The van der Waals surface area contributed by atoms with Crippen molar-refractivity contribution < 1.29 is 9.53 Å². The predicted molar refractivity (Wildman–Crippen MR) is 129 cm³/mol. The van der Waals surface area contributed by atoms with Crippen LogP contribution in [0.15, 0.2) is 54.7 Å². The summed E-state index contributed by atoms with van der Waals surface area (Å²) in [5.74, 6) is -0.182. The number of benzene rings is 1. The van der Waals surface area contributed by atoms with Gasteiger partial charge in [-0.3, -0.25) is 9.78 Å². The van der Waals surface area contributed by atoms with Crippen molar-refractivity contribution in [2.45, 2.75) is 25.9 Å². The fraction of sp³-hybridized carbons (Fsp3) is 0.261. The minimum absolute atomic E-state index is 0.0190. The van der Waals surface area contributed by atoms with Crippen LogP contribution in [0.4, 0.5) is 11.4 Å². The van der Waals surface area contributed by atoms with Crippen molar-refractivity contribution >= 4 is 45.9 Å². The molecule has 3 aromatic rings. The van der Waals surface area contributed by atoms with E-state index in [2.05, 4.69) is 39.6 Å². The van der Waals surface area contributed by atoms with Crippen LogP contribution in [0.1, 0.15) is 33.1 Å². The number of ether oxygens (including phenoxy) is 1. The summed E-state index contributed by atoms with van der Waals surface area (Å²) >= 11 is 7.53. The molecule has 2 N–H and O–H groups in total. The lowest BCUT2D eigenvalue weighted by molar-refractivity contribution is -0.119. The van der Waals surface area contributed by atoms with Gasteiger partial charge in [0.25, 0.3) is 0 Å². The number of nitrogens with zero attached hydrogens (tertiary/aromatic N) is 2. The minimum atomic E-state index is -0.182. The highest BCUT2D eigenvalue weighted by molar-refractivity contribution is 7.80. The zero-order chi connectivity index (χ0) is 22.0. The quantitative estimate of drug-likeness (QED) is 0.536. The first-order valence-electron chi connectivity index (χ1n) is 9.94. The lowest BCUT2D eigenvalue weighted by atomic mass is 10.0. The Morgan fingerprint density at radius 2 is 2.10 bits per heavy atom. The molecule has 160 valence electrons. The van der Waals surface area contributed by atoms with E-state index < -0.39 is 0 Å². The molecule has 6 nitrogen and oxygen atoms in total. The monoisotopic (exact) mass is 452 g/mol. The van der Waals surface area contributed by atoms with Gasteiger partial charge in [0, 0.05) is 34.4 Å². The van der Waals surface area contributed by atoms with E-state index in [0.29, 0.717) is 5.11 Å². The molecule has 4 rings (SSSR count). The van der Waals surface area contributed by atoms with E-state index in [-0.39, 0.29) is 24.6 Å². The van der Waals surface area contributed by atoms with Crippen LogP contribution < -0.4 is 15.5 Å². The first-order chi connectivity index (χ1) is 15.0. The molecule has 1 fully saturated rings. The zero-order valence-electron chi connectivity index (χ0n) is 17.6. The molecule has 0 radical (unpaired) electrons. The summed E-state index contributed by atoms with van der Waals surface area (Å²) in [5.41, 5.74) is 3.62. The van der Waals surface area contributed by atoms with Crippen molar-refractivity contribution in [1.82, 2.24) is 10.3 Å². The van der Waals surface area contributed by atoms with Crippen molar-refractivity contribution in [3.8, 4) is 0 Å². The van der Waals surface area contributed by atoms with Crippen LogP contribution in [0.5, 0.6) is 0 Å². The maximum absolute atomic E-state index is 11.9. The second-order valence-corrected chi connectivity index (χ2v) is 9.13. The number of methoxy groups -OCH3 is 1. The summed E-state index contributed by atoms with van der Waals surface area (Å²) in [6.07, 6.45) is 1.81. The van der Waals surface area contributed by atoms with E-state index in [4.69, 9.17) is 17.0 Å². The number of hydrogen-bond acceptors (Lipinski definition) is 5. The van der Waals surface area contributed by atoms with Crippen molar-refractivity contribution in [2.24, 2.45) is 0 Å². The number of rotatable bonds is 6. The first-order valence-corrected chi connectivity index (χ1v) is 11.2. The van der Waals surface area contributed by atoms with Crippen molar-refractivity contribution in [2.75, 3.05) is 23.9 Å². The van der Waals surface area contributed by atoms with Gasteiger partial charge in [-0.25, -0.2) is 0 Å². The molecule has 1 amide bonds. The van der Waals surface area contributed by atoms with E-state index in [1.54, 1.807) is 17.5 Å². The summed E-state index contributed by atoms with van der Waals surface area (Å²) in [7, 11) is 1.50. The highest BCUT2D eigenvalue weighted by Crippen LogP contribution is 2.44. The Labute approximate surface area is 191 Å². The smallest absolute Gasteiger partial charge is 0.250 e. The number of carbonyl (C=O) groups is 1. The molecule has 0 spiro atoms. The Hall–Kier alpha value is -2.81. The van der Waals surface area contributed by atoms with Gasteiger partial charge in [-0.1, -0.05) is 6.07 Å². The molecule has 2 aromatic heterocycles. The third kappa shape index (κ3) is 4.46. The standard InChI is InChI=1S/C23H24N4O2S2/c1-14-12-16(8-9-17(14)25-20(28)13-29-3)27-22(19-10-7-15(2)31-19)21(26-23(27)30)18-6-4-5-11-24-18/h4-12,21-22H,13H2,1-3H3,(H,25,28)(H,26,30)/t21-,22+/m0/s1. The number of thiocarbonyl (C=S) groups is 1. The molecule has 0 aliphatic carbocycles. The van der Waals surface area contributed by atoms with E-state index in [0.717, 1.165) is 22.6 Å². The number of carbonyl (C=O) groups excluding carboxylic acids is 1. The summed E-state index contributed by atoms with van der Waals surface area (Å²) in [6.45, 7) is 4.10. The van der Waals surface area contributed by atoms with Crippen molar-refractivity contribution in [3.05, 3.63) is 75.7 Å². The Kier molecular flexibility index (Phi) is 6.31. The van der Waals surface area contributed by atoms with Crippen molar-refractivity contribution in [1.29, 1.82) is 0 Å². The van der Waals surface area contributed by atoms with Gasteiger partial charge in [0.1, 0.15) is 6.61 Å². The normalized spacial score (nSPS) is 18.2. The van der Waals surface area contributed by atoms with Crippen LogP contribution in [0.25, 0.3) is 0 Å². The Morgan fingerprint density at radius 1 is 1.26 bits per heavy atom. The van der Waals surface area contributed by atoms with Crippen LogP contribution >= 0.6 is 23.6 Å². The summed E-state index contributed by atoms with van der Waals surface area (Å²) in [5, 5.41) is 7.01. The van der Waals surface area contributed by atoms with Crippen LogP contribution in [0.2, 0.25) is 0 Å². The molecule has 31 heavy (non-hydrogen) atoms. The molecule has 8 heteroatoms. The Balaban J connectivity index is 1.71. The molecule has 2 atom stereocenters. The molecule has 3 heterocycles. The average Bonchev–Trinajstić information content (AvgIpc) is 3.33. The van der Waals surface area contributed by atoms with Gasteiger partial charge in [0.2, 0.25) is 5.91 Å². The fourth-order valence-corrected chi connectivity index (χ4v) is 5.14. The number of amides is 1. The maximum Gasteiger partial charge on any atom is 0.250 e. The molecule has 0 saturated carbocycles. The maximum atomic E-state index is 11.9. The second kappa shape index (κ2) is 9.13. The average molecular weight is 453 g/mol. The van der Waals surface area contributed by atoms with Gasteiger partial charge in [-0.05, 0) is 74.1 Å². The third-order valence-corrected chi connectivity index (χ3v) is 6.57. The molecule has 0 unspecified atom stereocenters. The lowest BCUT2D eigenvalue weighted by Crippen LogP contribution is -2.29. The van der Waals surface area contributed by atoms with E-state index >= 15 is 0 Å². The molecule has 0 bridgehead atoms. The van der Waals surface area contributed by atoms with Gasteiger partial charge in [0.15, 0.2) is 5.11 Å². The fourth-order valence-electron chi connectivity index (χ4n) is 3.79. The highest BCUT2D eigenvalue weighted by atomic mass is 32.1. The van der Waals surface area contributed by atoms with Crippen LogP contribution in [-0.2, 0) is 9.53 Å². The second-order valence-electron chi connectivity index (χ2n) is 7.43. The van der Waals surface area contributed by atoms with Gasteiger partial charge in [-0.15, -0.1) is 11.3 Å². The lowest BCUT2D eigenvalue weighted by Gasteiger charge is -2.27. The first kappa shape index (κ1) is 21.4. The Bertz CT molecular complexity index is 1100. The number of aromatic nitrogens is 1. The minimum Gasteiger partial charge on any atom is -0.375 e. The number of anilines is 2. The highest BCUT2D eigenvalue weighted by Gasteiger charge is 2.41. The van der Waals surface area contributed by atoms with Gasteiger partial charge < -0.3 is 20.3 Å². The van der Waals surface area contributed by atoms with E-state index in [1.807, 2.05) is 43.3 Å². The molecule has 1 saturated heterocycles. The van der Waals surface area contributed by atoms with Crippen LogP contribution in [-0.4, -0.2) is 29.7 Å². The van der Waals surface area contributed by atoms with E-state index in [9.17, 15) is 4.79 Å². The number of hydrogen-bond donors (Lipinski definition) is 2. The van der Waals surface area contributed by atoms with E-state index in [1.165, 1.54) is 16.9 Å². The Morgan fingerprint density at radius 3 is 2.74 bits per heavy atom. The molecule has 1 aromatic carbocycles. The largest absolute Gasteiger partial charge is 0.375 e. The molecular weight excluding hydrogens is 428 g/mol. The number of nitrogens with one attached hydrogen (secondary N) is 2. The third-order valence-electron chi connectivity index (χ3n) is 5.19. The molecule has 1 aliphatic rings. The van der Waals surface area contributed by atoms with Crippen LogP contribution in [0.3, 0.4) is 0 Å². The molecule has 1 aliphatic heterocycles. The summed E-state index contributed by atoms with van der Waals surface area (Å²) in [6, 6.07) is 16.1.